The van der Waals surface area contributed by atoms with Crippen LogP contribution < -0.4 is 10.5 Å². The van der Waals surface area contributed by atoms with Gasteiger partial charge in [0.2, 0.25) is 0 Å². The van der Waals surface area contributed by atoms with Crippen molar-refractivity contribution in [1.82, 2.24) is 9.97 Å². The van der Waals surface area contributed by atoms with Crippen LogP contribution in [0, 0.1) is 11.3 Å². The zero-order chi connectivity index (χ0) is 9.68. The molecule has 0 fully saturated rings. The highest BCUT2D eigenvalue weighted by Gasteiger charge is 2.04. The van der Waals surface area contributed by atoms with Gasteiger partial charge in [-0.2, -0.15) is 5.26 Å². The van der Waals surface area contributed by atoms with Gasteiger partial charge in [-0.1, -0.05) is 0 Å². The Balaban J connectivity index is 2.78. The van der Waals surface area contributed by atoms with Gasteiger partial charge in [0.15, 0.2) is 5.82 Å². The van der Waals surface area contributed by atoms with E-state index in [1.54, 1.807) is 11.9 Å². The summed E-state index contributed by atoms with van der Waals surface area (Å²) in [6.45, 7) is 0.511. The quantitative estimate of drug-likeness (QED) is 0.713. The van der Waals surface area contributed by atoms with Gasteiger partial charge in [-0.25, -0.2) is 4.98 Å². The van der Waals surface area contributed by atoms with Crippen LogP contribution >= 0.6 is 0 Å². The average Bonchev–Trinajstić information content (AvgIpc) is 2.15. The number of H-pyrrole nitrogens is 1. The van der Waals surface area contributed by atoms with E-state index in [4.69, 9.17) is 5.26 Å². The highest BCUT2D eigenvalue weighted by atomic mass is 16.1. The first-order valence-corrected chi connectivity index (χ1v) is 3.87. The van der Waals surface area contributed by atoms with Gasteiger partial charge in [0.25, 0.3) is 5.56 Å². The number of rotatable bonds is 3. The van der Waals surface area contributed by atoms with Crippen LogP contribution in [0.15, 0.2) is 17.2 Å². The first kappa shape index (κ1) is 9.26. The van der Waals surface area contributed by atoms with E-state index in [0.717, 1.165) is 0 Å². The lowest BCUT2D eigenvalue weighted by molar-refractivity contribution is 0.869. The second kappa shape index (κ2) is 4.26. The molecule has 0 spiro atoms. The van der Waals surface area contributed by atoms with Crippen LogP contribution in [-0.2, 0) is 0 Å². The smallest absolute Gasteiger partial charge is 0.290 e. The first-order valence-electron chi connectivity index (χ1n) is 3.87. The fourth-order valence-electron chi connectivity index (χ4n) is 0.940. The normalized spacial score (nSPS) is 9.23. The van der Waals surface area contributed by atoms with Crippen molar-refractivity contribution in [2.24, 2.45) is 0 Å². The van der Waals surface area contributed by atoms with E-state index in [2.05, 4.69) is 9.97 Å². The van der Waals surface area contributed by atoms with E-state index in [1.807, 2.05) is 6.07 Å². The van der Waals surface area contributed by atoms with Crippen LogP contribution in [-0.4, -0.2) is 23.6 Å². The van der Waals surface area contributed by atoms with Gasteiger partial charge in [0.1, 0.15) is 0 Å². The molecule has 5 heteroatoms. The van der Waals surface area contributed by atoms with Crippen molar-refractivity contribution in [2.45, 2.75) is 6.42 Å². The predicted octanol–water partition coefficient (Wildman–Crippen LogP) is 0.120. The number of aromatic nitrogens is 2. The summed E-state index contributed by atoms with van der Waals surface area (Å²) in [4.78, 5) is 19.3. The summed E-state index contributed by atoms with van der Waals surface area (Å²) in [6.07, 6.45) is 3.37. The summed E-state index contributed by atoms with van der Waals surface area (Å²) in [7, 11) is 1.73. The fourth-order valence-corrected chi connectivity index (χ4v) is 0.940. The first-order chi connectivity index (χ1) is 6.25. The van der Waals surface area contributed by atoms with Crippen LogP contribution in [0.25, 0.3) is 0 Å². The lowest BCUT2D eigenvalue weighted by atomic mass is 10.4. The number of hydrogen-bond acceptors (Lipinski definition) is 4. The van der Waals surface area contributed by atoms with Crippen LogP contribution in [0.2, 0.25) is 0 Å². The van der Waals surface area contributed by atoms with Gasteiger partial charge in [-0.3, -0.25) is 4.79 Å². The lowest BCUT2D eigenvalue weighted by Crippen LogP contribution is -2.26. The van der Waals surface area contributed by atoms with E-state index in [9.17, 15) is 4.79 Å². The summed E-state index contributed by atoms with van der Waals surface area (Å²) >= 11 is 0. The molecule has 0 unspecified atom stereocenters. The Hall–Kier alpha value is -1.83. The van der Waals surface area contributed by atoms with Gasteiger partial charge >= 0.3 is 0 Å². The summed E-state index contributed by atoms with van der Waals surface area (Å²) < 4.78 is 0. The maximum absolute atomic E-state index is 11.2. The van der Waals surface area contributed by atoms with Crippen LogP contribution in [0.3, 0.4) is 0 Å². The number of nitrogens with one attached hydrogen (secondary N) is 1. The van der Waals surface area contributed by atoms with Gasteiger partial charge in [0, 0.05) is 26.0 Å². The van der Waals surface area contributed by atoms with Gasteiger partial charge in [-0.05, 0) is 0 Å². The Morgan fingerprint density at radius 3 is 3.15 bits per heavy atom. The minimum atomic E-state index is -0.233. The van der Waals surface area contributed by atoms with Crippen LogP contribution in [0.4, 0.5) is 5.82 Å². The minimum absolute atomic E-state index is 0.233. The Labute approximate surface area is 75.6 Å². The monoisotopic (exact) mass is 178 g/mol. The molecule has 1 aromatic heterocycles. The van der Waals surface area contributed by atoms with Crippen LogP contribution in [0.5, 0.6) is 0 Å². The molecule has 5 nitrogen and oxygen atoms in total. The third-order valence-corrected chi connectivity index (χ3v) is 1.61. The molecule has 1 heterocycles. The molecule has 0 saturated heterocycles. The molecular weight excluding hydrogens is 168 g/mol. The van der Waals surface area contributed by atoms with Gasteiger partial charge < -0.3 is 9.88 Å². The molecule has 0 aliphatic carbocycles. The molecule has 68 valence electrons. The molecule has 0 aliphatic heterocycles. The van der Waals surface area contributed by atoms with Gasteiger partial charge in [-0.15, -0.1) is 0 Å². The average molecular weight is 178 g/mol. The van der Waals surface area contributed by atoms with E-state index in [0.29, 0.717) is 18.8 Å². The highest BCUT2D eigenvalue weighted by Crippen LogP contribution is 1.98. The second-order valence-electron chi connectivity index (χ2n) is 2.57. The maximum Gasteiger partial charge on any atom is 0.290 e. The molecule has 13 heavy (non-hydrogen) atoms. The number of nitrogens with zero attached hydrogens (tertiary/aromatic N) is 3. The Kier molecular flexibility index (Phi) is 3.03. The van der Waals surface area contributed by atoms with E-state index >= 15 is 0 Å². The van der Waals surface area contributed by atoms with E-state index in [1.165, 1.54) is 12.4 Å². The Morgan fingerprint density at radius 1 is 1.77 bits per heavy atom. The molecule has 0 aliphatic rings. The highest BCUT2D eigenvalue weighted by molar-refractivity contribution is 5.33. The van der Waals surface area contributed by atoms with Crippen molar-refractivity contribution < 1.29 is 0 Å². The van der Waals surface area contributed by atoms with E-state index < -0.39 is 0 Å². The standard InChI is InChI=1S/C8H10N4O/c1-12(6-2-3-9)7-8(13)11-5-4-10-7/h4-5H,2,6H2,1H3,(H,11,13). The van der Waals surface area contributed by atoms with Crippen molar-refractivity contribution in [1.29, 1.82) is 5.26 Å². The summed E-state index contributed by atoms with van der Waals surface area (Å²) in [6, 6.07) is 2.01. The molecular formula is C8H10N4O. The van der Waals surface area contributed by atoms with E-state index in [-0.39, 0.29) is 5.56 Å². The maximum atomic E-state index is 11.2. The van der Waals surface area contributed by atoms with Crippen molar-refractivity contribution in [3.63, 3.8) is 0 Å². The number of anilines is 1. The molecule has 0 aromatic carbocycles. The Morgan fingerprint density at radius 2 is 2.54 bits per heavy atom. The molecule has 0 amide bonds. The van der Waals surface area contributed by atoms with Crippen molar-refractivity contribution in [3.05, 3.63) is 22.7 Å². The molecule has 1 rings (SSSR count). The number of aromatic amines is 1. The van der Waals surface area contributed by atoms with Crippen molar-refractivity contribution in [2.75, 3.05) is 18.5 Å². The fraction of sp³-hybridized carbons (Fsp3) is 0.375. The second-order valence-corrected chi connectivity index (χ2v) is 2.57. The molecule has 0 atom stereocenters. The topological polar surface area (TPSA) is 72.8 Å². The molecule has 1 aromatic rings. The van der Waals surface area contributed by atoms with Crippen molar-refractivity contribution in [3.8, 4) is 6.07 Å². The van der Waals surface area contributed by atoms with Crippen molar-refractivity contribution >= 4 is 5.82 Å². The SMILES string of the molecule is CN(CCC#N)c1ncc[nH]c1=O. The molecule has 0 bridgehead atoms. The number of hydrogen-bond donors (Lipinski definition) is 1. The lowest BCUT2D eigenvalue weighted by Gasteiger charge is -2.14. The third kappa shape index (κ3) is 2.30. The molecule has 0 saturated carbocycles. The Bertz CT molecular complexity index is 365. The summed E-state index contributed by atoms with van der Waals surface area (Å²) in [5.74, 6) is 0.345. The zero-order valence-corrected chi connectivity index (χ0v) is 7.32. The molecule has 1 N–H and O–H groups in total. The third-order valence-electron chi connectivity index (χ3n) is 1.61. The summed E-state index contributed by atoms with van der Waals surface area (Å²) in [5.41, 5.74) is -0.233. The zero-order valence-electron chi connectivity index (χ0n) is 7.32. The van der Waals surface area contributed by atoms with Crippen LogP contribution in [0.1, 0.15) is 6.42 Å². The van der Waals surface area contributed by atoms with Gasteiger partial charge in [0.05, 0.1) is 12.5 Å². The largest absolute Gasteiger partial charge is 0.354 e. The number of nitriles is 1. The predicted molar refractivity (Wildman–Crippen MR) is 48.4 cm³/mol. The summed E-state index contributed by atoms with van der Waals surface area (Å²) in [5, 5.41) is 8.35. The molecule has 0 radical (unpaired) electrons. The minimum Gasteiger partial charge on any atom is -0.354 e.